The molecule has 16 heavy (non-hydrogen) atoms. The summed E-state index contributed by atoms with van der Waals surface area (Å²) in [6.45, 7) is 0. The Labute approximate surface area is 99.9 Å². The second-order valence-electron chi connectivity index (χ2n) is 3.35. The first-order valence-corrected chi connectivity index (χ1v) is 5.92. The smallest absolute Gasteiger partial charge is 0.180 e. The van der Waals surface area contributed by atoms with Crippen LogP contribution >= 0.6 is 15.9 Å². The summed E-state index contributed by atoms with van der Waals surface area (Å²) < 4.78 is 0. The Morgan fingerprint density at radius 1 is 1.31 bits per heavy atom. The van der Waals surface area contributed by atoms with Gasteiger partial charge in [0.2, 0.25) is 0 Å². The van der Waals surface area contributed by atoms with Gasteiger partial charge in [0.25, 0.3) is 0 Å². The third-order valence-corrected chi connectivity index (χ3v) is 2.76. The number of fused-ring (bicyclic) bond motifs is 1. The molecule has 0 saturated carbocycles. The molecule has 2 unspecified atom stereocenters. The van der Waals surface area contributed by atoms with Crippen molar-refractivity contribution in [3.8, 4) is 0 Å². The van der Waals surface area contributed by atoms with Crippen LogP contribution in [-0.4, -0.2) is 41.6 Å². The topological polar surface area (TPSA) is 94.9 Å². The van der Waals surface area contributed by atoms with E-state index in [4.69, 9.17) is 0 Å². The van der Waals surface area contributed by atoms with Gasteiger partial charge in [-0.1, -0.05) is 15.9 Å². The van der Waals surface area contributed by atoms with Crippen LogP contribution in [0.4, 0.5) is 0 Å². The number of nitrogens with zero attached hydrogens (tertiary/aromatic N) is 3. The fourth-order valence-corrected chi connectivity index (χ4v) is 1.93. The highest BCUT2D eigenvalue weighted by Crippen LogP contribution is 2.22. The lowest BCUT2D eigenvalue weighted by Gasteiger charge is -2.16. The number of rotatable bonds is 4. The number of imidazole rings is 1. The number of H-pyrrole nitrogens is 1. The first kappa shape index (κ1) is 11.4. The molecule has 0 aliphatic heterocycles. The predicted molar refractivity (Wildman–Crippen MR) is 61.1 cm³/mol. The van der Waals surface area contributed by atoms with Crippen LogP contribution in [0.5, 0.6) is 0 Å². The molecule has 0 radical (unpaired) electrons. The summed E-state index contributed by atoms with van der Waals surface area (Å²) in [4.78, 5) is 14.7. The largest absolute Gasteiger partial charge is 0.390 e. The Balaban J connectivity index is 2.35. The van der Waals surface area contributed by atoms with Crippen molar-refractivity contribution < 1.29 is 10.2 Å². The summed E-state index contributed by atoms with van der Waals surface area (Å²) in [5.41, 5.74) is 1.41. The Morgan fingerprint density at radius 2 is 2.12 bits per heavy atom. The number of aromatic amines is 1. The van der Waals surface area contributed by atoms with Crippen molar-refractivity contribution in [3.05, 3.63) is 18.3 Å². The third kappa shape index (κ3) is 2.06. The maximum absolute atomic E-state index is 9.93. The SMILES string of the molecule is OC(CCBr)C(O)c1ncnc2nc[nH]c12. The van der Waals surface area contributed by atoms with Gasteiger partial charge in [0, 0.05) is 5.33 Å². The molecule has 0 bridgehead atoms. The molecule has 86 valence electrons. The van der Waals surface area contributed by atoms with Crippen molar-refractivity contribution in [3.63, 3.8) is 0 Å². The summed E-state index contributed by atoms with van der Waals surface area (Å²) in [7, 11) is 0. The second-order valence-corrected chi connectivity index (χ2v) is 4.14. The van der Waals surface area contributed by atoms with E-state index in [1.165, 1.54) is 12.7 Å². The van der Waals surface area contributed by atoms with Crippen LogP contribution in [0.25, 0.3) is 11.2 Å². The van der Waals surface area contributed by atoms with Crippen LogP contribution in [-0.2, 0) is 0 Å². The molecular formula is C9H11BrN4O2. The van der Waals surface area contributed by atoms with Gasteiger partial charge in [0.05, 0.1) is 12.4 Å². The van der Waals surface area contributed by atoms with E-state index in [2.05, 4.69) is 35.9 Å². The van der Waals surface area contributed by atoms with Crippen molar-refractivity contribution in [2.24, 2.45) is 0 Å². The van der Waals surface area contributed by atoms with Crippen molar-refractivity contribution in [1.29, 1.82) is 0 Å². The van der Waals surface area contributed by atoms with Gasteiger partial charge in [-0.05, 0) is 6.42 Å². The van der Waals surface area contributed by atoms with Crippen LogP contribution in [0.2, 0.25) is 0 Å². The molecule has 2 aromatic rings. The molecule has 0 saturated heterocycles. The lowest BCUT2D eigenvalue weighted by atomic mass is 10.1. The number of hydrogen-bond donors (Lipinski definition) is 3. The number of aliphatic hydroxyl groups is 2. The molecule has 2 heterocycles. The quantitative estimate of drug-likeness (QED) is 0.713. The fourth-order valence-electron chi connectivity index (χ4n) is 1.46. The van der Waals surface area contributed by atoms with E-state index in [-0.39, 0.29) is 0 Å². The van der Waals surface area contributed by atoms with Crippen LogP contribution < -0.4 is 0 Å². The van der Waals surface area contributed by atoms with E-state index in [0.29, 0.717) is 28.6 Å². The molecule has 7 heteroatoms. The Kier molecular flexibility index (Phi) is 3.47. The normalized spacial score (nSPS) is 15.2. The van der Waals surface area contributed by atoms with E-state index < -0.39 is 12.2 Å². The summed E-state index contributed by atoms with van der Waals surface area (Å²) in [6, 6.07) is 0. The number of aromatic nitrogens is 4. The molecule has 3 N–H and O–H groups in total. The monoisotopic (exact) mass is 286 g/mol. The number of aliphatic hydroxyl groups excluding tert-OH is 2. The van der Waals surface area contributed by atoms with E-state index >= 15 is 0 Å². The molecule has 0 amide bonds. The molecule has 2 aromatic heterocycles. The van der Waals surface area contributed by atoms with E-state index in [1.807, 2.05) is 0 Å². The molecule has 6 nitrogen and oxygen atoms in total. The zero-order valence-electron chi connectivity index (χ0n) is 8.34. The molecule has 2 rings (SSSR count). The van der Waals surface area contributed by atoms with Gasteiger partial charge < -0.3 is 15.2 Å². The van der Waals surface area contributed by atoms with Gasteiger partial charge in [0.15, 0.2) is 5.65 Å². The minimum absolute atomic E-state index is 0.371. The highest BCUT2D eigenvalue weighted by Gasteiger charge is 2.22. The molecule has 0 aliphatic rings. The van der Waals surface area contributed by atoms with Crippen molar-refractivity contribution in [1.82, 2.24) is 19.9 Å². The van der Waals surface area contributed by atoms with Gasteiger partial charge in [-0.25, -0.2) is 15.0 Å². The van der Waals surface area contributed by atoms with E-state index in [1.54, 1.807) is 0 Å². The van der Waals surface area contributed by atoms with Gasteiger partial charge in [-0.2, -0.15) is 0 Å². The van der Waals surface area contributed by atoms with Crippen LogP contribution in [0.15, 0.2) is 12.7 Å². The highest BCUT2D eigenvalue weighted by atomic mass is 79.9. The van der Waals surface area contributed by atoms with Crippen LogP contribution in [0, 0.1) is 0 Å². The second kappa shape index (κ2) is 4.86. The molecule has 0 fully saturated rings. The third-order valence-electron chi connectivity index (χ3n) is 2.30. The summed E-state index contributed by atoms with van der Waals surface area (Å²) in [5, 5.41) is 20.2. The zero-order chi connectivity index (χ0) is 11.5. The van der Waals surface area contributed by atoms with Crippen molar-refractivity contribution in [2.75, 3.05) is 5.33 Å². The van der Waals surface area contributed by atoms with Gasteiger partial charge >= 0.3 is 0 Å². The Bertz CT molecular complexity index is 475. The molecular weight excluding hydrogens is 276 g/mol. The lowest BCUT2D eigenvalue weighted by molar-refractivity contribution is 0.0156. The molecule has 0 aromatic carbocycles. The average Bonchev–Trinajstić information content (AvgIpc) is 2.76. The zero-order valence-corrected chi connectivity index (χ0v) is 9.92. The van der Waals surface area contributed by atoms with Gasteiger partial charge in [-0.3, -0.25) is 0 Å². The van der Waals surface area contributed by atoms with Crippen molar-refractivity contribution in [2.45, 2.75) is 18.6 Å². The van der Waals surface area contributed by atoms with E-state index in [0.717, 1.165) is 0 Å². The van der Waals surface area contributed by atoms with Gasteiger partial charge in [0.1, 0.15) is 23.6 Å². The number of alkyl halides is 1. The number of halogens is 1. The minimum Gasteiger partial charge on any atom is -0.390 e. The van der Waals surface area contributed by atoms with E-state index in [9.17, 15) is 10.2 Å². The van der Waals surface area contributed by atoms with Gasteiger partial charge in [-0.15, -0.1) is 0 Å². The summed E-state index contributed by atoms with van der Waals surface area (Å²) in [5.74, 6) is 0. The molecule has 0 aliphatic carbocycles. The molecule has 0 spiro atoms. The molecule has 2 atom stereocenters. The Morgan fingerprint density at radius 3 is 2.88 bits per heavy atom. The standard InChI is InChI=1S/C9H11BrN4O2/c10-2-1-5(15)8(16)6-7-9(13-3-11-6)14-4-12-7/h3-5,8,15-16H,1-2H2,(H,11,12,13,14). The number of nitrogens with one attached hydrogen (secondary N) is 1. The maximum atomic E-state index is 9.93. The first-order chi connectivity index (χ1) is 7.74. The lowest BCUT2D eigenvalue weighted by Crippen LogP contribution is -2.20. The first-order valence-electron chi connectivity index (χ1n) is 4.80. The highest BCUT2D eigenvalue weighted by molar-refractivity contribution is 9.09. The maximum Gasteiger partial charge on any atom is 0.180 e. The fraction of sp³-hybridized carbons (Fsp3) is 0.444. The predicted octanol–water partition coefficient (Wildman–Crippen LogP) is 0.532. The summed E-state index contributed by atoms with van der Waals surface area (Å²) >= 11 is 3.21. The van der Waals surface area contributed by atoms with Crippen LogP contribution in [0.3, 0.4) is 0 Å². The Hall–Kier alpha value is -1.05. The number of hydrogen-bond acceptors (Lipinski definition) is 5. The van der Waals surface area contributed by atoms with Crippen molar-refractivity contribution >= 4 is 27.1 Å². The minimum atomic E-state index is -1.04. The van der Waals surface area contributed by atoms with Crippen LogP contribution in [0.1, 0.15) is 18.2 Å². The average molecular weight is 287 g/mol. The summed E-state index contributed by atoms with van der Waals surface area (Å²) in [6.07, 6.45) is 1.35.